The first-order valence-corrected chi connectivity index (χ1v) is 11.2. The zero-order valence-corrected chi connectivity index (χ0v) is 13.9. The molecule has 0 aliphatic rings. The van der Waals surface area contributed by atoms with Crippen LogP contribution >= 0.6 is 22.8 Å². The maximum Gasteiger partial charge on any atom is 0.326 e. The average molecular weight is 373 g/mol. The molecule has 0 aliphatic heterocycles. The Hall–Kier alpha value is -0.330. The molecule has 0 atom stereocenters. The minimum absolute atomic E-state index is 0.0150. The van der Waals surface area contributed by atoms with E-state index in [0.717, 1.165) is 0 Å². The van der Waals surface area contributed by atoms with Gasteiger partial charge in [0, 0.05) is 5.41 Å². The molecule has 0 bridgehead atoms. The lowest BCUT2D eigenvalue weighted by Gasteiger charge is -2.34. The molecule has 0 aromatic heterocycles. The Bertz CT molecular complexity index is 581. The summed E-state index contributed by atoms with van der Waals surface area (Å²) in [7, 11) is -14.5. The molecule has 1 aromatic carbocycles. The summed E-state index contributed by atoms with van der Waals surface area (Å²) in [6, 6.07) is 7.79. The summed E-state index contributed by atoms with van der Waals surface area (Å²) < 4.78 is 34.1. The van der Waals surface area contributed by atoms with E-state index in [2.05, 4.69) is 6.07 Å². The second-order valence-electron chi connectivity index (χ2n) is 5.04. The summed E-state index contributed by atoms with van der Waals surface area (Å²) in [5.74, 6) is 0. The van der Waals surface area contributed by atoms with Crippen LogP contribution in [0.5, 0.6) is 0 Å². The van der Waals surface area contributed by atoms with Crippen LogP contribution in [0.4, 0.5) is 0 Å². The molecule has 22 heavy (non-hydrogen) atoms. The summed E-state index contributed by atoms with van der Waals surface area (Å²) in [6.45, 7) is 0. The summed E-state index contributed by atoms with van der Waals surface area (Å²) in [5, 5.41) is 0. The fourth-order valence-electron chi connectivity index (χ4n) is 2.35. The van der Waals surface area contributed by atoms with Crippen LogP contribution in [0.3, 0.4) is 0 Å². The highest BCUT2D eigenvalue weighted by molar-refractivity contribution is 7.54. The van der Waals surface area contributed by atoms with Gasteiger partial charge in [0.05, 0.1) is 18.5 Å². The van der Waals surface area contributed by atoms with E-state index in [-0.39, 0.29) is 5.56 Å². The Morgan fingerprint density at radius 3 is 1.36 bits per heavy atom. The molecule has 9 nitrogen and oxygen atoms in total. The van der Waals surface area contributed by atoms with Gasteiger partial charge in [-0.05, 0) is 11.6 Å². The number of rotatable bonds is 7. The lowest BCUT2D eigenvalue weighted by atomic mass is 9.86. The lowest BCUT2D eigenvalue weighted by molar-refractivity contribution is 0.331. The third kappa shape index (κ3) is 6.84. The Kier molecular flexibility index (Phi) is 5.96. The van der Waals surface area contributed by atoms with Crippen LogP contribution in [0, 0.1) is 6.07 Å². The summed E-state index contributed by atoms with van der Waals surface area (Å²) in [4.78, 5) is 55.2. The number of benzene rings is 1. The van der Waals surface area contributed by atoms with Gasteiger partial charge in [-0.25, -0.2) is 0 Å². The van der Waals surface area contributed by atoms with Gasteiger partial charge in [0.1, 0.15) is 0 Å². The van der Waals surface area contributed by atoms with Crippen molar-refractivity contribution < 1.29 is 43.1 Å². The van der Waals surface area contributed by atoms with Crippen LogP contribution in [0.1, 0.15) is 5.56 Å². The topological polar surface area (TPSA) is 173 Å². The van der Waals surface area contributed by atoms with Crippen molar-refractivity contribution in [1.82, 2.24) is 0 Å². The number of hydrogen-bond donors (Lipinski definition) is 6. The Morgan fingerprint density at radius 2 is 1.09 bits per heavy atom. The molecule has 125 valence electrons. The molecule has 0 heterocycles. The third-order valence-electron chi connectivity index (χ3n) is 2.86. The van der Waals surface area contributed by atoms with Crippen molar-refractivity contribution in [3.63, 3.8) is 0 Å². The quantitative estimate of drug-likeness (QED) is 0.366. The molecule has 0 fully saturated rings. The predicted octanol–water partition coefficient (Wildman–Crippen LogP) is 0.258. The fourth-order valence-corrected chi connectivity index (χ4v) is 6.46. The second kappa shape index (κ2) is 6.65. The van der Waals surface area contributed by atoms with Crippen molar-refractivity contribution in [3.8, 4) is 0 Å². The van der Waals surface area contributed by atoms with E-state index in [1.807, 2.05) is 0 Å². The average Bonchev–Trinajstić information content (AvgIpc) is 2.22. The summed E-state index contributed by atoms with van der Waals surface area (Å²) >= 11 is 0. The monoisotopic (exact) mass is 373 g/mol. The molecular weight excluding hydrogens is 357 g/mol. The third-order valence-corrected chi connectivity index (χ3v) is 5.91. The van der Waals surface area contributed by atoms with E-state index < -0.39 is 46.7 Å². The largest absolute Gasteiger partial charge is 0.326 e. The summed E-state index contributed by atoms with van der Waals surface area (Å²) in [5.41, 5.74) is -2.05. The Morgan fingerprint density at radius 1 is 0.773 bits per heavy atom. The van der Waals surface area contributed by atoms with E-state index in [0.29, 0.717) is 0 Å². The first kappa shape index (κ1) is 19.7. The standard InChI is InChI=1S/C10H16O9P3/c11-20(12,13)6-10(7-21(14,15)16,8-22(17,18)19)9-4-2-1-3-5-9/h2-5H,6-8H2,(H2,11,12,13)(H2,14,15,16)(H2,17,18,19). The van der Waals surface area contributed by atoms with Crippen molar-refractivity contribution in [2.24, 2.45) is 0 Å². The normalized spacial score (nSPS) is 14.1. The van der Waals surface area contributed by atoms with Gasteiger partial charge < -0.3 is 29.4 Å². The van der Waals surface area contributed by atoms with Crippen LogP contribution in [-0.4, -0.2) is 47.8 Å². The highest BCUT2D eigenvalue weighted by Crippen LogP contribution is 2.55. The first-order valence-electron chi connectivity index (χ1n) is 5.83. The Balaban J connectivity index is 3.51. The molecule has 1 radical (unpaired) electrons. The van der Waals surface area contributed by atoms with Crippen molar-refractivity contribution in [2.45, 2.75) is 5.41 Å². The van der Waals surface area contributed by atoms with Crippen molar-refractivity contribution in [3.05, 3.63) is 35.9 Å². The van der Waals surface area contributed by atoms with Gasteiger partial charge >= 0.3 is 22.8 Å². The van der Waals surface area contributed by atoms with Gasteiger partial charge in [0.25, 0.3) is 0 Å². The van der Waals surface area contributed by atoms with E-state index in [1.165, 1.54) is 24.3 Å². The van der Waals surface area contributed by atoms with Crippen molar-refractivity contribution >= 4 is 22.8 Å². The molecule has 0 amide bonds. The zero-order valence-electron chi connectivity index (χ0n) is 11.2. The second-order valence-corrected chi connectivity index (χ2v) is 9.97. The highest BCUT2D eigenvalue weighted by Gasteiger charge is 2.47. The maximum absolute atomic E-state index is 11.4. The smallest absolute Gasteiger partial charge is 0.324 e. The molecule has 0 saturated heterocycles. The van der Waals surface area contributed by atoms with Crippen molar-refractivity contribution in [1.29, 1.82) is 0 Å². The van der Waals surface area contributed by atoms with Gasteiger partial charge in [-0.1, -0.05) is 24.3 Å². The molecule has 0 aliphatic carbocycles. The maximum atomic E-state index is 11.4. The molecular formula is C10H16O9P3. The molecule has 1 aromatic rings. The van der Waals surface area contributed by atoms with Crippen LogP contribution in [0.2, 0.25) is 0 Å². The molecule has 0 saturated carbocycles. The minimum Gasteiger partial charge on any atom is -0.324 e. The van der Waals surface area contributed by atoms with Gasteiger partial charge in [-0.15, -0.1) is 0 Å². The molecule has 12 heteroatoms. The van der Waals surface area contributed by atoms with Crippen LogP contribution in [0.15, 0.2) is 24.3 Å². The van der Waals surface area contributed by atoms with Crippen molar-refractivity contribution in [2.75, 3.05) is 18.5 Å². The van der Waals surface area contributed by atoms with Gasteiger partial charge in [0.2, 0.25) is 0 Å². The highest BCUT2D eigenvalue weighted by atomic mass is 31.2. The molecule has 0 spiro atoms. The zero-order chi connectivity index (χ0) is 17.2. The van der Waals surface area contributed by atoms with E-state index >= 15 is 0 Å². The van der Waals surface area contributed by atoms with Gasteiger partial charge in [-0.3, -0.25) is 13.7 Å². The minimum atomic E-state index is -4.82. The fraction of sp³-hybridized carbons (Fsp3) is 0.400. The predicted molar refractivity (Wildman–Crippen MR) is 77.7 cm³/mol. The molecule has 0 unspecified atom stereocenters. The van der Waals surface area contributed by atoms with Gasteiger partial charge in [0.15, 0.2) is 0 Å². The molecule has 1 rings (SSSR count). The van der Waals surface area contributed by atoms with Crippen LogP contribution in [-0.2, 0) is 19.1 Å². The van der Waals surface area contributed by atoms with Crippen LogP contribution < -0.4 is 0 Å². The van der Waals surface area contributed by atoms with E-state index in [1.54, 1.807) is 0 Å². The Labute approximate surface area is 126 Å². The SMILES string of the molecule is O=P(O)(O)CC(CP(=O)(O)O)(CP(=O)(O)O)c1cc[c]cc1. The molecule has 6 N–H and O–H groups in total. The first-order chi connectivity index (χ1) is 9.73. The van der Waals surface area contributed by atoms with E-state index in [4.69, 9.17) is 0 Å². The number of hydrogen-bond acceptors (Lipinski definition) is 3. The van der Waals surface area contributed by atoms with E-state index in [9.17, 15) is 43.1 Å². The lowest BCUT2D eigenvalue weighted by Crippen LogP contribution is -2.38. The van der Waals surface area contributed by atoms with Crippen LogP contribution in [0.25, 0.3) is 0 Å². The summed E-state index contributed by atoms with van der Waals surface area (Å²) in [6.07, 6.45) is -3.29. The van der Waals surface area contributed by atoms with Gasteiger partial charge in [-0.2, -0.15) is 0 Å².